The zero-order valence-corrected chi connectivity index (χ0v) is 16.0. The SMILES string of the molecule is C[C@H]1CN(S(=O)(=O)c2ccc(NC(=O)NCc3ccn[nH]3)cc2)C[C@H](C)O1. The Morgan fingerprint density at radius 1 is 1.22 bits per heavy atom. The largest absolute Gasteiger partial charge is 0.373 e. The number of aromatic nitrogens is 2. The number of hydrogen-bond acceptors (Lipinski definition) is 5. The predicted molar refractivity (Wildman–Crippen MR) is 99.7 cm³/mol. The van der Waals surface area contributed by atoms with E-state index in [1.54, 1.807) is 24.4 Å². The van der Waals surface area contributed by atoms with Crippen molar-refractivity contribution in [2.24, 2.45) is 0 Å². The van der Waals surface area contributed by atoms with Crippen LogP contribution < -0.4 is 10.6 Å². The molecule has 0 radical (unpaired) electrons. The van der Waals surface area contributed by atoms with Crippen molar-refractivity contribution < 1.29 is 17.9 Å². The van der Waals surface area contributed by atoms with Crippen molar-refractivity contribution in [1.82, 2.24) is 19.8 Å². The molecule has 1 aliphatic rings. The van der Waals surface area contributed by atoms with E-state index in [-0.39, 0.29) is 17.1 Å². The molecule has 1 saturated heterocycles. The van der Waals surface area contributed by atoms with Crippen LogP contribution >= 0.6 is 0 Å². The highest BCUT2D eigenvalue weighted by Crippen LogP contribution is 2.22. The molecule has 3 rings (SSSR count). The van der Waals surface area contributed by atoms with Crippen molar-refractivity contribution in [1.29, 1.82) is 0 Å². The Morgan fingerprint density at radius 3 is 2.48 bits per heavy atom. The van der Waals surface area contributed by atoms with E-state index in [1.165, 1.54) is 16.4 Å². The van der Waals surface area contributed by atoms with Gasteiger partial charge in [-0.2, -0.15) is 9.40 Å². The van der Waals surface area contributed by atoms with Crippen LogP contribution in [0.15, 0.2) is 41.4 Å². The molecule has 1 aromatic carbocycles. The summed E-state index contributed by atoms with van der Waals surface area (Å²) in [6.45, 7) is 4.66. The van der Waals surface area contributed by atoms with Gasteiger partial charge in [-0.15, -0.1) is 0 Å². The Bertz CT molecular complexity index is 857. The Kier molecular flexibility index (Phi) is 5.78. The van der Waals surface area contributed by atoms with Gasteiger partial charge in [-0.05, 0) is 44.2 Å². The number of carbonyl (C=O) groups is 1. The molecule has 9 nitrogen and oxygen atoms in total. The highest BCUT2D eigenvalue weighted by Gasteiger charge is 2.32. The van der Waals surface area contributed by atoms with E-state index in [2.05, 4.69) is 20.8 Å². The van der Waals surface area contributed by atoms with E-state index >= 15 is 0 Å². The number of H-pyrrole nitrogens is 1. The first-order valence-electron chi connectivity index (χ1n) is 8.63. The lowest BCUT2D eigenvalue weighted by Crippen LogP contribution is -2.48. The molecule has 1 aromatic heterocycles. The van der Waals surface area contributed by atoms with E-state index in [0.29, 0.717) is 25.3 Å². The fraction of sp³-hybridized carbons (Fsp3) is 0.412. The second kappa shape index (κ2) is 8.07. The van der Waals surface area contributed by atoms with Crippen LogP contribution in [0.1, 0.15) is 19.5 Å². The van der Waals surface area contributed by atoms with Gasteiger partial charge in [0.1, 0.15) is 0 Å². The average molecular weight is 393 g/mol. The van der Waals surface area contributed by atoms with Crippen LogP contribution in [-0.4, -0.2) is 54.2 Å². The van der Waals surface area contributed by atoms with Crippen LogP contribution in [0.2, 0.25) is 0 Å². The number of hydrogen-bond donors (Lipinski definition) is 3. The molecule has 1 fully saturated rings. The van der Waals surface area contributed by atoms with Crippen LogP contribution in [0.5, 0.6) is 0 Å². The van der Waals surface area contributed by atoms with Crippen LogP contribution in [0.25, 0.3) is 0 Å². The minimum absolute atomic E-state index is 0.150. The Balaban J connectivity index is 1.61. The molecular formula is C17H23N5O4S. The zero-order chi connectivity index (χ0) is 19.4. The van der Waals surface area contributed by atoms with Gasteiger partial charge in [0.15, 0.2) is 0 Å². The number of aromatic amines is 1. The third kappa shape index (κ3) is 4.85. The summed E-state index contributed by atoms with van der Waals surface area (Å²) >= 11 is 0. The first kappa shape index (κ1) is 19.3. The number of anilines is 1. The molecule has 0 bridgehead atoms. The summed E-state index contributed by atoms with van der Waals surface area (Å²) in [5, 5.41) is 11.9. The maximum Gasteiger partial charge on any atom is 0.319 e. The van der Waals surface area contributed by atoms with Gasteiger partial charge in [0.25, 0.3) is 0 Å². The first-order chi connectivity index (χ1) is 12.8. The third-order valence-corrected chi connectivity index (χ3v) is 5.98. The number of ether oxygens (including phenoxy) is 1. The number of benzene rings is 1. The molecule has 0 aliphatic carbocycles. The van der Waals surface area contributed by atoms with Gasteiger partial charge in [0.05, 0.1) is 29.3 Å². The van der Waals surface area contributed by atoms with Gasteiger partial charge in [-0.1, -0.05) is 0 Å². The third-order valence-electron chi connectivity index (χ3n) is 4.13. The molecule has 10 heteroatoms. The standard InChI is InChI=1S/C17H23N5O4S/c1-12-10-22(11-13(2)26-12)27(24,25)16-5-3-14(4-6-16)20-17(23)18-9-15-7-8-19-21-15/h3-8,12-13H,9-11H2,1-2H3,(H,19,21)(H2,18,20,23)/t12-,13-/m0/s1. The smallest absolute Gasteiger partial charge is 0.319 e. The molecule has 0 saturated carbocycles. The Morgan fingerprint density at radius 2 is 1.89 bits per heavy atom. The summed E-state index contributed by atoms with van der Waals surface area (Å²) in [7, 11) is -3.60. The van der Waals surface area contributed by atoms with E-state index in [4.69, 9.17) is 4.74 Å². The van der Waals surface area contributed by atoms with E-state index in [9.17, 15) is 13.2 Å². The van der Waals surface area contributed by atoms with Gasteiger partial charge < -0.3 is 15.4 Å². The minimum atomic E-state index is -3.60. The summed E-state index contributed by atoms with van der Waals surface area (Å²) in [4.78, 5) is 12.1. The number of morpholine rings is 1. The summed E-state index contributed by atoms with van der Waals surface area (Å²) < 4.78 is 32.6. The molecule has 0 unspecified atom stereocenters. The molecule has 1 aliphatic heterocycles. The molecule has 27 heavy (non-hydrogen) atoms. The van der Waals surface area contributed by atoms with Gasteiger partial charge in [0.2, 0.25) is 10.0 Å². The van der Waals surface area contributed by atoms with Crippen molar-refractivity contribution >= 4 is 21.7 Å². The molecule has 3 N–H and O–H groups in total. The predicted octanol–water partition coefficient (Wildman–Crippen LogP) is 1.53. The molecule has 146 valence electrons. The molecule has 2 amide bonds. The van der Waals surface area contributed by atoms with Crippen LogP contribution in [-0.2, 0) is 21.3 Å². The molecular weight excluding hydrogens is 370 g/mol. The van der Waals surface area contributed by atoms with Gasteiger partial charge >= 0.3 is 6.03 Å². The molecule has 2 heterocycles. The number of carbonyl (C=O) groups excluding carboxylic acids is 1. The lowest BCUT2D eigenvalue weighted by molar-refractivity contribution is -0.0440. The normalized spacial score (nSPS) is 21.0. The molecule has 2 atom stereocenters. The maximum absolute atomic E-state index is 12.8. The quantitative estimate of drug-likeness (QED) is 0.712. The topological polar surface area (TPSA) is 116 Å². The highest BCUT2D eigenvalue weighted by molar-refractivity contribution is 7.89. The maximum atomic E-state index is 12.8. The number of urea groups is 1. The Hall–Kier alpha value is -2.43. The van der Waals surface area contributed by atoms with E-state index < -0.39 is 16.1 Å². The summed E-state index contributed by atoms with van der Waals surface area (Å²) in [5.41, 5.74) is 1.28. The fourth-order valence-corrected chi connectivity index (χ4v) is 4.51. The van der Waals surface area contributed by atoms with Crippen molar-refractivity contribution in [2.45, 2.75) is 37.5 Å². The van der Waals surface area contributed by atoms with Gasteiger partial charge in [0, 0.05) is 25.0 Å². The molecule has 2 aromatic rings. The van der Waals surface area contributed by atoms with Crippen LogP contribution in [0.4, 0.5) is 10.5 Å². The van der Waals surface area contributed by atoms with Crippen molar-refractivity contribution in [3.8, 4) is 0 Å². The number of sulfonamides is 1. The number of amides is 2. The van der Waals surface area contributed by atoms with Gasteiger partial charge in [-0.25, -0.2) is 13.2 Å². The lowest BCUT2D eigenvalue weighted by Gasteiger charge is -2.34. The minimum Gasteiger partial charge on any atom is -0.373 e. The second-order valence-corrected chi connectivity index (χ2v) is 8.43. The molecule has 0 spiro atoms. The zero-order valence-electron chi connectivity index (χ0n) is 15.2. The van der Waals surface area contributed by atoms with Crippen molar-refractivity contribution in [3.05, 3.63) is 42.2 Å². The second-order valence-electron chi connectivity index (χ2n) is 6.49. The average Bonchev–Trinajstić information content (AvgIpc) is 3.13. The number of nitrogens with zero attached hydrogens (tertiary/aromatic N) is 2. The van der Waals surface area contributed by atoms with E-state index in [1.807, 2.05) is 13.8 Å². The first-order valence-corrected chi connectivity index (χ1v) is 10.1. The fourth-order valence-electron chi connectivity index (χ4n) is 2.92. The highest BCUT2D eigenvalue weighted by atomic mass is 32.2. The summed E-state index contributed by atoms with van der Waals surface area (Å²) in [6.07, 6.45) is 1.30. The summed E-state index contributed by atoms with van der Waals surface area (Å²) in [5.74, 6) is 0. The lowest BCUT2D eigenvalue weighted by atomic mass is 10.3. The van der Waals surface area contributed by atoms with Gasteiger partial charge in [-0.3, -0.25) is 5.10 Å². The monoisotopic (exact) mass is 393 g/mol. The van der Waals surface area contributed by atoms with Crippen LogP contribution in [0.3, 0.4) is 0 Å². The van der Waals surface area contributed by atoms with Crippen LogP contribution in [0, 0.1) is 0 Å². The van der Waals surface area contributed by atoms with Crippen molar-refractivity contribution in [3.63, 3.8) is 0 Å². The summed E-state index contributed by atoms with van der Waals surface area (Å²) in [6, 6.07) is 7.48. The van der Waals surface area contributed by atoms with Crippen molar-refractivity contribution in [2.75, 3.05) is 18.4 Å². The Labute approximate surface area is 158 Å². The number of rotatable bonds is 5. The van der Waals surface area contributed by atoms with E-state index in [0.717, 1.165) is 5.69 Å². The number of nitrogens with one attached hydrogen (secondary N) is 3.